The van der Waals surface area contributed by atoms with E-state index in [1.165, 1.54) is 69.8 Å². The number of nitrogens with zero attached hydrogens (tertiary/aromatic N) is 1. The first-order chi connectivity index (χ1) is 11.5. The fourth-order valence-electron chi connectivity index (χ4n) is 3.02. The monoisotopic (exact) mass is 334 g/mol. The molecule has 0 aliphatic carbocycles. The van der Waals surface area contributed by atoms with Gasteiger partial charge in [0.1, 0.15) is 12.3 Å². The lowest BCUT2D eigenvalue weighted by molar-refractivity contribution is -0.884. The van der Waals surface area contributed by atoms with Crippen LogP contribution in [0.5, 0.6) is 5.75 Å². The van der Waals surface area contributed by atoms with E-state index in [0.29, 0.717) is 0 Å². The van der Waals surface area contributed by atoms with Crippen molar-refractivity contribution in [3.63, 3.8) is 0 Å². The molecule has 24 heavy (non-hydrogen) atoms. The van der Waals surface area contributed by atoms with Crippen molar-refractivity contribution in [1.29, 1.82) is 0 Å². The first kappa shape index (κ1) is 21.0. The van der Waals surface area contributed by atoms with Gasteiger partial charge in [0, 0.05) is 5.56 Å². The van der Waals surface area contributed by atoms with Crippen LogP contribution < -0.4 is 4.74 Å². The maximum absolute atomic E-state index is 5.86. The third kappa shape index (κ3) is 11.5. The lowest BCUT2D eigenvalue weighted by Crippen LogP contribution is -2.33. The van der Waals surface area contributed by atoms with E-state index in [4.69, 9.17) is 4.74 Å². The van der Waals surface area contributed by atoms with Gasteiger partial charge in [0.2, 0.25) is 0 Å². The Bertz CT molecular complexity index is 405. The summed E-state index contributed by atoms with van der Waals surface area (Å²) in [6.45, 7) is 4.19. The minimum atomic E-state index is 0.852. The van der Waals surface area contributed by atoms with Crippen LogP contribution in [0.25, 0.3) is 0 Å². The van der Waals surface area contributed by atoms with Gasteiger partial charge < -0.3 is 9.22 Å². The molecule has 0 saturated carbocycles. The third-order valence-electron chi connectivity index (χ3n) is 4.35. The maximum atomic E-state index is 5.86. The van der Waals surface area contributed by atoms with Gasteiger partial charge in [-0.2, -0.15) is 0 Å². The molecule has 0 aromatic heterocycles. The number of quaternary nitrogens is 1. The lowest BCUT2D eigenvalue weighted by atomic mass is 10.1. The standard InChI is InChI=1S/C22H40NO/c1-5-6-7-8-9-10-11-12-13-14-19-24-22-17-15-21(16-18-22)20-23(2,3)4/h15-18H,5-14,19-20H2,1-4H3/q+1. The summed E-state index contributed by atoms with van der Waals surface area (Å²) >= 11 is 0. The summed E-state index contributed by atoms with van der Waals surface area (Å²) in [6, 6.07) is 8.61. The van der Waals surface area contributed by atoms with E-state index in [9.17, 15) is 0 Å². The maximum Gasteiger partial charge on any atom is 0.119 e. The molecule has 0 heterocycles. The van der Waals surface area contributed by atoms with Crippen molar-refractivity contribution in [3.05, 3.63) is 29.8 Å². The molecule has 0 N–H and O–H groups in total. The van der Waals surface area contributed by atoms with E-state index >= 15 is 0 Å². The molecule has 0 radical (unpaired) electrons. The Labute approximate surface area is 150 Å². The van der Waals surface area contributed by atoms with E-state index in [1.807, 2.05) is 0 Å². The van der Waals surface area contributed by atoms with Crippen molar-refractivity contribution in [2.75, 3.05) is 27.7 Å². The molecular weight excluding hydrogens is 294 g/mol. The van der Waals surface area contributed by atoms with Crippen LogP contribution in [-0.4, -0.2) is 32.2 Å². The summed E-state index contributed by atoms with van der Waals surface area (Å²) < 4.78 is 6.82. The second-order valence-corrected chi connectivity index (χ2v) is 8.12. The zero-order chi connectivity index (χ0) is 17.7. The Morgan fingerprint density at radius 2 is 1.21 bits per heavy atom. The second-order valence-electron chi connectivity index (χ2n) is 8.12. The Kier molecular flexibility index (Phi) is 10.8. The molecule has 1 aromatic carbocycles. The Morgan fingerprint density at radius 1 is 0.708 bits per heavy atom. The highest BCUT2D eigenvalue weighted by molar-refractivity contribution is 5.26. The highest BCUT2D eigenvalue weighted by Crippen LogP contribution is 2.15. The fourth-order valence-corrected chi connectivity index (χ4v) is 3.02. The molecule has 0 aliphatic heterocycles. The number of rotatable bonds is 14. The minimum Gasteiger partial charge on any atom is -0.494 e. The SMILES string of the molecule is CCCCCCCCCCCCOc1ccc(C[N+](C)(C)C)cc1. The number of hydrogen-bond acceptors (Lipinski definition) is 1. The normalized spacial score (nSPS) is 11.7. The Hall–Kier alpha value is -1.02. The quantitative estimate of drug-likeness (QED) is 0.291. The van der Waals surface area contributed by atoms with Crippen LogP contribution in [-0.2, 0) is 6.54 Å². The molecule has 0 spiro atoms. The van der Waals surface area contributed by atoms with Crippen LogP contribution >= 0.6 is 0 Å². The van der Waals surface area contributed by atoms with E-state index < -0.39 is 0 Å². The van der Waals surface area contributed by atoms with E-state index in [1.54, 1.807) is 0 Å². The molecule has 2 nitrogen and oxygen atoms in total. The second kappa shape index (κ2) is 12.4. The number of ether oxygens (including phenoxy) is 1. The number of benzene rings is 1. The van der Waals surface area contributed by atoms with Crippen molar-refractivity contribution in [3.8, 4) is 5.75 Å². The average Bonchev–Trinajstić information content (AvgIpc) is 2.53. The van der Waals surface area contributed by atoms with Crippen molar-refractivity contribution in [1.82, 2.24) is 0 Å². The van der Waals surface area contributed by atoms with Crippen LogP contribution in [0.4, 0.5) is 0 Å². The summed E-state index contributed by atoms with van der Waals surface area (Å²) in [5, 5.41) is 0. The summed E-state index contributed by atoms with van der Waals surface area (Å²) in [5.41, 5.74) is 1.37. The third-order valence-corrected chi connectivity index (χ3v) is 4.35. The molecule has 1 aromatic rings. The first-order valence-electron chi connectivity index (χ1n) is 10.0. The van der Waals surface area contributed by atoms with Crippen LogP contribution in [0.3, 0.4) is 0 Å². The first-order valence-corrected chi connectivity index (χ1v) is 10.0. The van der Waals surface area contributed by atoms with Gasteiger partial charge in [0.05, 0.1) is 27.7 Å². The van der Waals surface area contributed by atoms with Gasteiger partial charge in [-0.15, -0.1) is 0 Å². The summed E-state index contributed by atoms with van der Waals surface area (Å²) in [4.78, 5) is 0. The van der Waals surface area contributed by atoms with Gasteiger partial charge in [0.15, 0.2) is 0 Å². The molecule has 2 heteroatoms. The van der Waals surface area contributed by atoms with Crippen molar-refractivity contribution in [2.45, 2.75) is 77.7 Å². The topological polar surface area (TPSA) is 9.23 Å². The highest BCUT2D eigenvalue weighted by atomic mass is 16.5. The van der Waals surface area contributed by atoms with Crippen LogP contribution in [0.2, 0.25) is 0 Å². The molecule has 0 aliphatic rings. The van der Waals surface area contributed by atoms with Gasteiger partial charge in [0.25, 0.3) is 0 Å². The Morgan fingerprint density at radius 3 is 1.71 bits per heavy atom. The van der Waals surface area contributed by atoms with Crippen LogP contribution in [0, 0.1) is 0 Å². The lowest BCUT2D eigenvalue weighted by Gasteiger charge is -2.23. The van der Waals surface area contributed by atoms with E-state index in [0.717, 1.165) is 23.4 Å². The molecule has 0 amide bonds. The summed E-state index contributed by atoms with van der Waals surface area (Å²) in [6.07, 6.45) is 13.7. The molecule has 0 fully saturated rings. The molecular formula is C22H40NO+. The molecule has 0 unspecified atom stereocenters. The predicted octanol–water partition coefficient (Wildman–Crippen LogP) is 6.19. The zero-order valence-corrected chi connectivity index (χ0v) is 16.7. The fraction of sp³-hybridized carbons (Fsp3) is 0.727. The van der Waals surface area contributed by atoms with Crippen molar-refractivity contribution >= 4 is 0 Å². The van der Waals surface area contributed by atoms with Crippen molar-refractivity contribution < 1.29 is 9.22 Å². The zero-order valence-electron chi connectivity index (χ0n) is 16.7. The molecule has 138 valence electrons. The van der Waals surface area contributed by atoms with Gasteiger partial charge in [-0.25, -0.2) is 0 Å². The van der Waals surface area contributed by atoms with E-state index in [2.05, 4.69) is 52.3 Å². The van der Waals surface area contributed by atoms with Crippen molar-refractivity contribution in [2.24, 2.45) is 0 Å². The summed E-state index contributed by atoms with van der Waals surface area (Å²) in [7, 11) is 6.65. The van der Waals surface area contributed by atoms with Gasteiger partial charge >= 0.3 is 0 Å². The van der Waals surface area contributed by atoms with Crippen LogP contribution in [0.1, 0.15) is 76.7 Å². The van der Waals surface area contributed by atoms with E-state index in [-0.39, 0.29) is 0 Å². The Balaban J connectivity index is 1.99. The minimum absolute atomic E-state index is 0.852. The molecule has 1 rings (SSSR count). The van der Waals surface area contributed by atoms with Gasteiger partial charge in [-0.3, -0.25) is 0 Å². The number of unbranched alkanes of at least 4 members (excludes halogenated alkanes) is 9. The molecule has 0 bridgehead atoms. The number of hydrogen-bond donors (Lipinski definition) is 0. The molecule has 0 saturated heterocycles. The smallest absolute Gasteiger partial charge is 0.119 e. The van der Waals surface area contributed by atoms with Crippen LogP contribution in [0.15, 0.2) is 24.3 Å². The highest BCUT2D eigenvalue weighted by Gasteiger charge is 2.08. The predicted molar refractivity (Wildman–Crippen MR) is 106 cm³/mol. The average molecular weight is 335 g/mol. The van der Waals surface area contributed by atoms with Gasteiger partial charge in [-0.1, -0.05) is 64.7 Å². The summed E-state index contributed by atoms with van der Waals surface area (Å²) in [5.74, 6) is 1.01. The molecule has 0 atom stereocenters. The largest absolute Gasteiger partial charge is 0.494 e. The van der Waals surface area contributed by atoms with Gasteiger partial charge in [-0.05, 0) is 30.7 Å².